The van der Waals surface area contributed by atoms with Crippen LogP contribution in [0.15, 0.2) is 65.1 Å². The third-order valence-electron chi connectivity index (χ3n) is 3.82. The first kappa shape index (κ1) is 19.7. The normalized spacial score (nSPS) is 10.4. The fraction of sp³-hybridized carbons (Fsp3) is 0.100. The maximum Gasteiger partial charge on any atom is 0.262 e. The molecule has 8 heteroatoms. The number of allylic oxidation sites excluding steroid dienone is 1. The van der Waals surface area contributed by atoms with Gasteiger partial charge in [0.2, 0.25) is 5.91 Å². The third kappa shape index (κ3) is 4.42. The standard InChI is InChI=1S/C20H15ClN4O2S/c1-2-9-25-19(27)16-8-5-14(21)10-17(16)24-20(25)28-12-18(26)23-15-6-3-13(11-22)4-7-15/h2-8,10H,1,9,12H2,(H,23,26). The van der Waals surface area contributed by atoms with Crippen molar-refractivity contribution in [3.05, 3.63) is 76.1 Å². The minimum absolute atomic E-state index is 0.0651. The molecule has 28 heavy (non-hydrogen) atoms. The van der Waals surface area contributed by atoms with E-state index in [4.69, 9.17) is 16.9 Å². The van der Waals surface area contributed by atoms with Crippen molar-refractivity contribution in [2.24, 2.45) is 0 Å². The van der Waals surface area contributed by atoms with Crippen molar-refractivity contribution >= 4 is 45.9 Å². The molecule has 1 N–H and O–H groups in total. The summed E-state index contributed by atoms with van der Waals surface area (Å²) in [5, 5.41) is 12.9. The topological polar surface area (TPSA) is 87.8 Å². The first-order valence-corrected chi connectivity index (χ1v) is 9.62. The molecular formula is C20H15ClN4O2S. The van der Waals surface area contributed by atoms with Gasteiger partial charge in [-0.05, 0) is 42.5 Å². The second-order valence-electron chi connectivity index (χ2n) is 5.79. The zero-order valence-corrected chi connectivity index (χ0v) is 16.3. The molecule has 0 spiro atoms. The molecule has 0 saturated carbocycles. The predicted octanol–water partition coefficient (Wildman–Crippen LogP) is 3.84. The average molecular weight is 411 g/mol. The maximum absolute atomic E-state index is 12.7. The van der Waals surface area contributed by atoms with Gasteiger partial charge < -0.3 is 5.32 Å². The van der Waals surface area contributed by atoms with Crippen LogP contribution in [0.5, 0.6) is 0 Å². The van der Waals surface area contributed by atoms with E-state index in [0.717, 1.165) is 11.8 Å². The van der Waals surface area contributed by atoms with Gasteiger partial charge in [-0.1, -0.05) is 29.4 Å². The lowest BCUT2D eigenvalue weighted by Crippen LogP contribution is -2.23. The van der Waals surface area contributed by atoms with Gasteiger partial charge in [-0.3, -0.25) is 14.2 Å². The highest BCUT2D eigenvalue weighted by molar-refractivity contribution is 7.99. The number of hydrogen-bond donors (Lipinski definition) is 1. The Kier molecular flexibility index (Phi) is 6.14. The number of carbonyl (C=O) groups excluding carboxylic acids is 1. The average Bonchev–Trinajstić information content (AvgIpc) is 2.69. The Morgan fingerprint density at radius 2 is 2.07 bits per heavy atom. The highest BCUT2D eigenvalue weighted by Gasteiger charge is 2.13. The van der Waals surface area contributed by atoms with Crippen molar-refractivity contribution in [2.45, 2.75) is 11.7 Å². The van der Waals surface area contributed by atoms with Crippen LogP contribution >= 0.6 is 23.4 Å². The van der Waals surface area contributed by atoms with E-state index in [0.29, 0.717) is 32.3 Å². The Balaban J connectivity index is 1.81. The number of anilines is 1. The van der Waals surface area contributed by atoms with Gasteiger partial charge in [0.05, 0.1) is 28.3 Å². The Bertz CT molecular complexity index is 1150. The smallest absolute Gasteiger partial charge is 0.262 e. The number of amides is 1. The van der Waals surface area contributed by atoms with Crippen molar-refractivity contribution in [2.75, 3.05) is 11.1 Å². The summed E-state index contributed by atoms with van der Waals surface area (Å²) in [6, 6.07) is 13.5. The zero-order valence-electron chi connectivity index (χ0n) is 14.7. The van der Waals surface area contributed by atoms with Gasteiger partial charge in [0, 0.05) is 17.3 Å². The Labute approximate surface area is 170 Å². The number of halogens is 1. The quantitative estimate of drug-likeness (QED) is 0.379. The number of hydrogen-bond acceptors (Lipinski definition) is 5. The van der Waals surface area contributed by atoms with Crippen LogP contribution in [0.4, 0.5) is 5.69 Å². The minimum Gasteiger partial charge on any atom is -0.325 e. The van der Waals surface area contributed by atoms with E-state index < -0.39 is 0 Å². The predicted molar refractivity (Wildman–Crippen MR) is 112 cm³/mol. The summed E-state index contributed by atoms with van der Waals surface area (Å²) in [5.41, 5.74) is 1.37. The van der Waals surface area contributed by atoms with Crippen molar-refractivity contribution in [3.63, 3.8) is 0 Å². The summed E-state index contributed by atoms with van der Waals surface area (Å²) < 4.78 is 1.48. The molecular weight excluding hydrogens is 396 g/mol. The Morgan fingerprint density at radius 3 is 2.75 bits per heavy atom. The van der Waals surface area contributed by atoms with Gasteiger partial charge in [0.25, 0.3) is 5.56 Å². The lowest BCUT2D eigenvalue weighted by atomic mass is 10.2. The molecule has 0 unspecified atom stereocenters. The molecule has 0 aliphatic rings. The molecule has 0 radical (unpaired) electrons. The monoisotopic (exact) mass is 410 g/mol. The molecule has 0 bridgehead atoms. The SMILES string of the molecule is C=CCn1c(SCC(=O)Nc2ccc(C#N)cc2)nc2cc(Cl)ccc2c1=O. The molecule has 6 nitrogen and oxygen atoms in total. The molecule has 0 atom stereocenters. The Hall–Kier alpha value is -3.08. The van der Waals surface area contributed by atoms with Crippen molar-refractivity contribution < 1.29 is 4.79 Å². The first-order valence-electron chi connectivity index (χ1n) is 8.25. The highest BCUT2D eigenvalue weighted by atomic mass is 35.5. The second-order valence-corrected chi connectivity index (χ2v) is 7.17. The van der Waals surface area contributed by atoms with E-state index in [9.17, 15) is 9.59 Å². The van der Waals surface area contributed by atoms with Crippen LogP contribution in [-0.2, 0) is 11.3 Å². The van der Waals surface area contributed by atoms with Crippen LogP contribution in [0.25, 0.3) is 10.9 Å². The molecule has 140 valence electrons. The molecule has 2 aromatic carbocycles. The van der Waals surface area contributed by atoms with E-state index in [1.165, 1.54) is 4.57 Å². The van der Waals surface area contributed by atoms with Gasteiger partial charge in [0.15, 0.2) is 5.16 Å². The number of thioether (sulfide) groups is 1. The van der Waals surface area contributed by atoms with Crippen LogP contribution in [0.3, 0.4) is 0 Å². The molecule has 0 aliphatic carbocycles. The minimum atomic E-state index is -0.250. The third-order valence-corrected chi connectivity index (χ3v) is 5.04. The summed E-state index contributed by atoms with van der Waals surface area (Å²) in [7, 11) is 0. The van der Waals surface area contributed by atoms with Crippen LogP contribution in [0.1, 0.15) is 5.56 Å². The number of benzene rings is 2. The molecule has 0 saturated heterocycles. The molecule has 0 aliphatic heterocycles. The van der Waals surface area contributed by atoms with Crippen LogP contribution < -0.4 is 10.9 Å². The summed E-state index contributed by atoms with van der Waals surface area (Å²) in [4.78, 5) is 29.5. The van der Waals surface area contributed by atoms with E-state index in [2.05, 4.69) is 16.9 Å². The summed E-state index contributed by atoms with van der Waals surface area (Å²) >= 11 is 7.16. The van der Waals surface area contributed by atoms with Crippen molar-refractivity contribution in [1.82, 2.24) is 9.55 Å². The van der Waals surface area contributed by atoms with Gasteiger partial charge in [-0.15, -0.1) is 6.58 Å². The van der Waals surface area contributed by atoms with Gasteiger partial charge in [-0.2, -0.15) is 5.26 Å². The number of nitrogens with zero attached hydrogens (tertiary/aromatic N) is 3. The van der Waals surface area contributed by atoms with E-state index in [-0.39, 0.29) is 23.8 Å². The number of nitriles is 1. The van der Waals surface area contributed by atoms with Crippen molar-refractivity contribution in [1.29, 1.82) is 5.26 Å². The largest absolute Gasteiger partial charge is 0.325 e. The van der Waals surface area contributed by atoms with Crippen LogP contribution in [0.2, 0.25) is 5.02 Å². The molecule has 0 fully saturated rings. The summed E-state index contributed by atoms with van der Waals surface area (Å²) in [5.74, 6) is -0.185. The fourth-order valence-electron chi connectivity index (χ4n) is 2.53. The maximum atomic E-state index is 12.7. The molecule has 3 rings (SSSR count). The van der Waals surface area contributed by atoms with Crippen molar-refractivity contribution in [3.8, 4) is 6.07 Å². The number of aromatic nitrogens is 2. The molecule has 3 aromatic rings. The highest BCUT2D eigenvalue weighted by Crippen LogP contribution is 2.21. The number of rotatable bonds is 6. The van der Waals surface area contributed by atoms with Gasteiger partial charge in [-0.25, -0.2) is 4.98 Å². The zero-order chi connectivity index (χ0) is 20.1. The number of nitrogens with one attached hydrogen (secondary N) is 1. The first-order chi connectivity index (χ1) is 13.5. The second kappa shape index (κ2) is 8.74. The molecule has 1 heterocycles. The number of carbonyl (C=O) groups is 1. The van der Waals surface area contributed by atoms with E-state index in [1.54, 1.807) is 48.5 Å². The van der Waals surface area contributed by atoms with Crippen LogP contribution in [-0.4, -0.2) is 21.2 Å². The molecule has 1 amide bonds. The molecule has 1 aromatic heterocycles. The van der Waals surface area contributed by atoms with Crippen LogP contribution in [0, 0.1) is 11.3 Å². The number of fused-ring (bicyclic) bond motifs is 1. The van der Waals surface area contributed by atoms with E-state index >= 15 is 0 Å². The summed E-state index contributed by atoms with van der Waals surface area (Å²) in [6.07, 6.45) is 1.60. The van der Waals surface area contributed by atoms with Gasteiger partial charge >= 0.3 is 0 Å². The van der Waals surface area contributed by atoms with E-state index in [1.807, 2.05) is 6.07 Å². The lowest BCUT2D eigenvalue weighted by Gasteiger charge is -2.11. The Morgan fingerprint density at radius 1 is 1.32 bits per heavy atom. The fourth-order valence-corrected chi connectivity index (χ4v) is 3.50. The summed E-state index contributed by atoms with van der Waals surface area (Å²) in [6.45, 7) is 3.96. The van der Waals surface area contributed by atoms with Gasteiger partial charge in [0.1, 0.15) is 0 Å². The lowest BCUT2D eigenvalue weighted by molar-refractivity contribution is -0.113.